The Morgan fingerprint density at radius 1 is 1.21 bits per heavy atom. The Labute approximate surface area is 169 Å². The molecule has 0 radical (unpaired) electrons. The maximum absolute atomic E-state index is 13.8. The molecule has 1 aliphatic rings. The summed E-state index contributed by atoms with van der Waals surface area (Å²) in [6, 6.07) is 8.94. The molecule has 7 nitrogen and oxygen atoms in total. The molecule has 29 heavy (non-hydrogen) atoms. The lowest BCUT2D eigenvalue weighted by molar-refractivity contribution is 0.0746. The fourth-order valence-corrected chi connectivity index (χ4v) is 6.05. The third-order valence-electron chi connectivity index (χ3n) is 4.94. The lowest BCUT2D eigenvalue weighted by atomic mass is 10.1. The van der Waals surface area contributed by atoms with E-state index in [0.29, 0.717) is 12.0 Å². The number of hydrogen-bond donors (Lipinski definition) is 1. The molecule has 0 saturated carbocycles. The standard InChI is InChI=1S/C19H21FN2O5S2/c1-13-7-8-15(29(26,27)21-18-6-4-3-5-17(18)20)11-16(13)19(23)22(2)14-9-10-28(24,25)12-14/h3-8,11,14,21H,9-10,12H2,1-2H3. The maximum atomic E-state index is 13.8. The average molecular weight is 441 g/mol. The highest BCUT2D eigenvalue weighted by atomic mass is 32.2. The van der Waals surface area contributed by atoms with Gasteiger partial charge in [0.1, 0.15) is 5.82 Å². The summed E-state index contributed by atoms with van der Waals surface area (Å²) in [6.45, 7) is 1.66. The first-order valence-electron chi connectivity index (χ1n) is 8.86. The van der Waals surface area contributed by atoms with Crippen molar-refractivity contribution in [3.8, 4) is 0 Å². The van der Waals surface area contributed by atoms with Crippen LogP contribution in [0.2, 0.25) is 0 Å². The third-order valence-corrected chi connectivity index (χ3v) is 8.06. The van der Waals surface area contributed by atoms with Gasteiger partial charge in [-0.1, -0.05) is 18.2 Å². The van der Waals surface area contributed by atoms with Crippen molar-refractivity contribution in [3.63, 3.8) is 0 Å². The zero-order valence-electron chi connectivity index (χ0n) is 15.9. The lowest BCUT2D eigenvalue weighted by Gasteiger charge is -2.24. The van der Waals surface area contributed by atoms with Crippen LogP contribution in [0.25, 0.3) is 0 Å². The molecule has 1 amide bonds. The highest BCUT2D eigenvalue weighted by Crippen LogP contribution is 2.24. The van der Waals surface area contributed by atoms with Crippen LogP contribution in [0.5, 0.6) is 0 Å². The number of nitrogens with one attached hydrogen (secondary N) is 1. The summed E-state index contributed by atoms with van der Waals surface area (Å²) in [5, 5.41) is 0. The van der Waals surface area contributed by atoms with Crippen LogP contribution < -0.4 is 4.72 Å². The van der Waals surface area contributed by atoms with Gasteiger partial charge in [-0.2, -0.15) is 0 Å². The molecular weight excluding hydrogens is 419 g/mol. The van der Waals surface area contributed by atoms with Crippen molar-refractivity contribution in [1.29, 1.82) is 0 Å². The van der Waals surface area contributed by atoms with Crippen LogP contribution in [-0.4, -0.2) is 52.2 Å². The number of anilines is 1. The zero-order chi connectivity index (χ0) is 21.4. The number of benzene rings is 2. The third kappa shape index (κ3) is 4.59. The Balaban J connectivity index is 1.89. The highest BCUT2D eigenvalue weighted by Gasteiger charge is 2.33. The van der Waals surface area contributed by atoms with Crippen molar-refractivity contribution in [2.24, 2.45) is 0 Å². The van der Waals surface area contributed by atoms with Crippen molar-refractivity contribution < 1.29 is 26.0 Å². The predicted octanol–water partition coefficient (Wildman–Crippen LogP) is 2.19. The number of sulfonamides is 1. The largest absolute Gasteiger partial charge is 0.338 e. The van der Waals surface area contributed by atoms with Crippen molar-refractivity contribution >= 4 is 31.5 Å². The molecule has 0 aliphatic carbocycles. The monoisotopic (exact) mass is 440 g/mol. The van der Waals surface area contributed by atoms with Gasteiger partial charge in [0.25, 0.3) is 15.9 Å². The number of para-hydroxylation sites is 1. The second-order valence-corrected chi connectivity index (χ2v) is 10.9. The zero-order valence-corrected chi connectivity index (χ0v) is 17.6. The molecule has 1 saturated heterocycles. The van der Waals surface area contributed by atoms with Gasteiger partial charge in [-0.15, -0.1) is 0 Å². The number of amides is 1. The lowest BCUT2D eigenvalue weighted by Crippen LogP contribution is -2.38. The van der Waals surface area contributed by atoms with Crippen LogP contribution in [-0.2, 0) is 19.9 Å². The Bertz CT molecular complexity index is 1160. The van der Waals surface area contributed by atoms with Crippen LogP contribution in [0.3, 0.4) is 0 Å². The molecule has 1 fully saturated rings. The van der Waals surface area contributed by atoms with Gasteiger partial charge in [-0.3, -0.25) is 9.52 Å². The SMILES string of the molecule is Cc1ccc(S(=O)(=O)Nc2ccccc2F)cc1C(=O)N(C)C1CCS(=O)(=O)C1. The number of carbonyl (C=O) groups excluding carboxylic acids is 1. The quantitative estimate of drug-likeness (QED) is 0.768. The van der Waals surface area contributed by atoms with Gasteiger partial charge < -0.3 is 4.90 Å². The van der Waals surface area contributed by atoms with E-state index in [2.05, 4.69) is 4.72 Å². The Kier molecular flexibility index (Phi) is 5.68. The van der Waals surface area contributed by atoms with E-state index in [1.54, 1.807) is 6.92 Å². The number of carbonyl (C=O) groups is 1. The molecule has 1 unspecified atom stereocenters. The van der Waals surface area contributed by atoms with Crippen molar-refractivity contribution in [2.45, 2.75) is 24.3 Å². The summed E-state index contributed by atoms with van der Waals surface area (Å²) in [6.07, 6.45) is 0.344. The van der Waals surface area contributed by atoms with Gasteiger partial charge in [0, 0.05) is 18.7 Å². The summed E-state index contributed by atoms with van der Waals surface area (Å²) in [4.78, 5) is 14.1. The molecule has 3 rings (SSSR count). The molecule has 1 aliphatic heterocycles. The predicted molar refractivity (Wildman–Crippen MR) is 108 cm³/mol. The van der Waals surface area contributed by atoms with Gasteiger partial charge in [-0.25, -0.2) is 21.2 Å². The van der Waals surface area contributed by atoms with Crippen molar-refractivity contribution in [2.75, 3.05) is 23.3 Å². The first-order valence-corrected chi connectivity index (χ1v) is 12.2. The number of aryl methyl sites for hydroxylation is 1. The molecule has 10 heteroatoms. The van der Waals surface area contributed by atoms with Crippen LogP contribution >= 0.6 is 0 Å². The molecular formula is C19H21FN2O5S2. The average Bonchev–Trinajstić information content (AvgIpc) is 3.02. The molecule has 156 valence electrons. The van der Waals surface area contributed by atoms with E-state index < -0.39 is 37.6 Å². The van der Waals surface area contributed by atoms with Gasteiger partial charge in [0.05, 0.1) is 22.1 Å². The molecule has 0 aromatic heterocycles. The minimum atomic E-state index is -4.13. The first kappa shape index (κ1) is 21.3. The van der Waals surface area contributed by atoms with Crippen LogP contribution in [0, 0.1) is 12.7 Å². The number of hydrogen-bond acceptors (Lipinski definition) is 5. The number of sulfone groups is 1. The smallest absolute Gasteiger partial charge is 0.262 e. The van der Waals surface area contributed by atoms with Gasteiger partial charge in [0.2, 0.25) is 0 Å². The molecule has 1 atom stereocenters. The number of halogens is 1. The minimum Gasteiger partial charge on any atom is -0.338 e. The van der Waals surface area contributed by atoms with E-state index in [1.807, 2.05) is 0 Å². The molecule has 0 bridgehead atoms. The van der Waals surface area contributed by atoms with E-state index in [1.165, 1.54) is 48.3 Å². The second kappa shape index (κ2) is 7.75. The topological polar surface area (TPSA) is 101 Å². The minimum absolute atomic E-state index is 0.0231. The molecule has 0 spiro atoms. The molecule has 1 N–H and O–H groups in total. The van der Waals surface area contributed by atoms with Crippen LogP contribution in [0.4, 0.5) is 10.1 Å². The summed E-state index contributed by atoms with van der Waals surface area (Å²) >= 11 is 0. The van der Waals surface area contributed by atoms with E-state index in [-0.39, 0.29) is 27.7 Å². The van der Waals surface area contributed by atoms with E-state index in [4.69, 9.17) is 0 Å². The van der Waals surface area contributed by atoms with E-state index in [9.17, 15) is 26.0 Å². The summed E-state index contributed by atoms with van der Waals surface area (Å²) < 4.78 is 64.7. The molecule has 1 heterocycles. The Morgan fingerprint density at radius 3 is 2.52 bits per heavy atom. The van der Waals surface area contributed by atoms with Crippen molar-refractivity contribution in [3.05, 3.63) is 59.4 Å². The van der Waals surface area contributed by atoms with E-state index in [0.717, 1.165) is 6.07 Å². The highest BCUT2D eigenvalue weighted by molar-refractivity contribution is 7.92. The number of nitrogens with zero attached hydrogens (tertiary/aromatic N) is 1. The number of rotatable bonds is 5. The van der Waals surface area contributed by atoms with Crippen LogP contribution in [0.1, 0.15) is 22.3 Å². The fourth-order valence-electron chi connectivity index (χ4n) is 3.18. The normalized spacial score (nSPS) is 18.4. The summed E-state index contributed by atoms with van der Waals surface area (Å²) in [5.41, 5.74) is 0.495. The summed E-state index contributed by atoms with van der Waals surface area (Å²) in [7, 11) is -5.79. The van der Waals surface area contributed by atoms with E-state index >= 15 is 0 Å². The van der Waals surface area contributed by atoms with Gasteiger partial charge >= 0.3 is 0 Å². The van der Waals surface area contributed by atoms with Gasteiger partial charge in [0.15, 0.2) is 9.84 Å². The van der Waals surface area contributed by atoms with Gasteiger partial charge in [-0.05, 0) is 43.2 Å². The van der Waals surface area contributed by atoms with Crippen LogP contribution in [0.15, 0.2) is 47.4 Å². The molecule has 2 aromatic carbocycles. The van der Waals surface area contributed by atoms with Crippen molar-refractivity contribution in [1.82, 2.24) is 4.90 Å². The Morgan fingerprint density at radius 2 is 1.90 bits per heavy atom. The summed E-state index contributed by atoms with van der Waals surface area (Å²) in [5.74, 6) is -1.27. The maximum Gasteiger partial charge on any atom is 0.262 e. The first-order chi connectivity index (χ1) is 13.5. The second-order valence-electron chi connectivity index (χ2n) is 7.03. The molecule has 2 aromatic rings. The fraction of sp³-hybridized carbons (Fsp3) is 0.316. The Hall–Kier alpha value is -2.46.